The molecule has 0 unspecified atom stereocenters. The molecule has 0 atom stereocenters. The molecule has 2 heterocycles. The molecule has 1 N–H and O–H groups in total. The van der Waals surface area contributed by atoms with Gasteiger partial charge in [-0.15, -0.1) is 0 Å². The first-order chi connectivity index (χ1) is 9.42. The highest BCUT2D eigenvalue weighted by molar-refractivity contribution is 5.57. The molecule has 0 fully saturated rings. The maximum atomic E-state index is 4.59. The summed E-state index contributed by atoms with van der Waals surface area (Å²) in [6.45, 7) is 1.10. The molecule has 19 heavy (non-hydrogen) atoms. The lowest BCUT2D eigenvalue weighted by molar-refractivity contribution is 0.656. The Bertz CT molecular complexity index is 612. The largest absolute Gasteiger partial charge is 0.385 e. The molecule has 1 aromatic heterocycles. The van der Waals surface area contributed by atoms with Gasteiger partial charge in [0.05, 0.1) is 12.0 Å². The minimum Gasteiger partial charge on any atom is -0.385 e. The Morgan fingerprint density at radius 2 is 2.00 bits per heavy atom. The van der Waals surface area contributed by atoms with E-state index in [1.165, 1.54) is 60.4 Å². The highest BCUT2D eigenvalue weighted by Gasteiger charge is 2.17. The van der Waals surface area contributed by atoms with E-state index < -0.39 is 0 Å². The fourth-order valence-electron chi connectivity index (χ4n) is 3.30. The lowest BCUT2D eigenvalue weighted by Crippen LogP contribution is -2.12. The standard InChI is InChI=1S/C16H19N3/c1-2-6-16-15(5-1)18-11-19(16)13-7-8-14-12(10-13)4-3-9-17-14/h7-8,10-11,17H,1-6,9H2. The van der Waals surface area contributed by atoms with Gasteiger partial charge in [0.15, 0.2) is 0 Å². The van der Waals surface area contributed by atoms with E-state index >= 15 is 0 Å². The number of nitrogens with zero attached hydrogens (tertiary/aromatic N) is 2. The number of nitrogens with one attached hydrogen (secondary N) is 1. The van der Waals surface area contributed by atoms with Crippen LogP contribution in [0.2, 0.25) is 0 Å². The number of aryl methyl sites for hydroxylation is 2. The zero-order chi connectivity index (χ0) is 12.7. The third kappa shape index (κ3) is 1.84. The van der Waals surface area contributed by atoms with Crippen molar-refractivity contribution in [3.8, 4) is 5.69 Å². The van der Waals surface area contributed by atoms with Crippen molar-refractivity contribution >= 4 is 5.69 Å². The molecule has 1 aliphatic heterocycles. The number of hydrogen-bond acceptors (Lipinski definition) is 2. The normalized spacial score (nSPS) is 17.5. The molecule has 1 aromatic carbocycles. The topological polar surface area (TPSA) is 29.9 Å². The number of rotatable bonds is 1. The van der Waals surface area contributed by atoms with Crippen molar-refractivity contribution < 1.29 is 0 Å². The molecule has 4 rings (SSSR count). The number of imidazole rings is 1. The monoisotopic (exact) mass is 253 g/mol. The van der Waals surface area contributed by atoms with E-state index in [1.54, 1.807) is 0 Å². The van der Waals surface area contributed by atoms with E-state index in [-0.39, 0.29) is 0 Å². The molecular weight excluding hydrogens is 234 g/mol. The van der Waals surface area contributed by atoms with Gasteiger partial charge < -0.3 is 9.88 Å². The van der Waals surface area contributed by atoms with Crippen molar-refractivity contribution in [1.82, 2.24) is 9.55 Å². The minimum absolute atomic E-state index is 1.10. The van der Waals surface area contributed by atoms with Crippen LogP contribution in [-0.2, 0) is 19.3 Å². The molecule has 0 radical (unpaired) electrons. The van der Waals surface area contributed by atoms with Crippen molar-refractivity contribution in [2.24, 2.45) is 0 Å². The molecule has 0 bridgehead atoms. The fraction of sp³-hybridized carbons (Fsp3) is 0.438. The first-order valence-electron chi connectivity index (χ1n) is 7.34. The Morgan fingerprint density at radius 3 is 3.00 bits per heavy atom. The van der Waals surface area contributed by atoms with Gasteiger partial charge in [-0.2, -0.15) is 0 Å². The molecule has 98 valence electrons. The summed E-state index contributed by atoms with van der Waals surface area (Å²) in [5.41, 5.74) is 6.76. The van der Waals surface area contributed by atoms with Gasteiger partial charge in [0.2, 0.25) is 0 Å². The molecule has 0 saturated carbocycles. The van der Waals surface area contributed by atoms with Gasteiger partial charge in [-0.1, -0.05) is 0 Å². The van der Waals surface area contributed by atoms with Crippen molar-refractivity contribution in [3.05, 3.63) is 41.5 Å². The highest BCUT2D eigenvalue weighted by atomic mass is 15.1. The maximum absolute atomic E-state index is 4.59. The van der Waals surface area contributed by atoms with E-state index in [2.05, 4.69) is 33.1 Å². The zero-order valence-electron chi connectivity index (χ0n) is 11.2. The summed E-state index contributed by atoms with van der Waals surface area (Å²) in [5, 5.41) is 3.47. The Hall–Kier alpha value is -1.77. The quantitative estimate of drug-likeness (QED) is 0.846. The van der Waals surface area contributed by atoms with Crippen LogP contribution in [0.5, 0.6) is 0 Å². The van der Waals surface area contributed by atoms with Crippen LogP contribution >= 0.6 is 0 Å². The van der Waals surface area contributed by atoms with Gasteiger partial charge in [0, 0.05) is 23.6 Å². The maximum Gasteiger partial charge on any atom is 0.0997 e. The van der Waals surface area contributed by atoms with Crippen molar-refractivity contribution in [3.63, 3.8) is 0 Å². The number of benzene rings is 1. The summed E-state index contributed by atoms with van der Waals surface area (Å²) in [6.07, 6.45) is 9.34. The molecular formula is C16H19N3. The molecule has 0 spiro atoms. The van der Waals surface area contributed by atoms with Crippen LogP contribution in [0.4, 0.5) is 5.69 Å². The lowest BCUT2D eigenvalue weighted by Gasteiger charge is -2.20. The number of aromatic nitrogens is 2. The van der Waals surface area contributed by atoms with E-state index in [9.17, 15) is 0 Å². The SMILES string of the molecule is c1cc2c(cc1-n1cnc3c1CCCC3)CCCN2. The van der Waals surface area contributed by atoms with Crippen LogP contribution in [0.25, 0.3) is 5.69 Å². The second-order valence-corrected chi connectivity index (χ2v) is 5.59. The minimum atomic E-state index is 1.10. The fourth-order valence-corrected chi connectivity index (χ4v) is 3.30. The van der Waals surface area contributed by atoms with Gasteiger partial charge in [-0.25, -0.2) is 4.98 Å². The van der Waals surface area contributed by atoms with Crippen LogP contribution < -0.4 is 5.32 Å². The van der Waals surface area contributed by atoms with Gasteiger partial charge in [0.25, 0.3) is 0 Å². The van der Waals surface area contributed by atoms with E-state index in [4.69, 9.17) is 0 Å². The predicted molar refractivity (Wildman–Crippen MR) is 77.0 cm³/mol. The Morgan fingerprint density at radius 1 is 1.05 bits per heavy atom. The Labute approximate surface area is 113 Å². The Kier molecular flexibility index (Phi) is 2.57. The summed E-state index contributed by atoms with van der Waals surface area (Å²) >= 11 is 0. The van der Waals surface area contributed by atoms with Crippen molar-refractivity contribution in [2.75, 3.05) is 11.9 Å². The third-order valence-corrected chi connectivity index (χ3v) is 4.34. The van der Waals surface area contributed by atoms with Crippen LogP contribution in [-0.4, -0.2) is 16.1 Å². The first-order valence-corrected chi connectivity index (χ1v) is 7.34. The smallest absolute Gasteiger partial charge is 0.0997 e. The highest BCUT2D eigenvalue weighted by Crippen LogP contribution is 2.27. The average Bonchev–Trinajstić information content (AvgIpc) is 2.91. The second kappa shape index (κ2) is 4.41. The van der Waals surface area contributed by atoms with Gasteiger partial charge in [-0.3, -0.25) is 0 Å². The van der Waals surface area contributed by atoms with E-state index in [0.29, 0.717) is 0 Å². The number of fused-ring (bicyclic) bond motifs is 2. The zero-order valence-corrected chi connectivity index (χ0v) is 11.2. The molecule has 1 aliphatic carbocycles. The summed E-state index contributed by atoms with van der Waals surface area (Å²) in [4.78, 5) is 4.59. The molecule has 0 saturated heterocycles. The van der Waals surface area contributed by atoms with Crippen LogP contribution in [0.3, 0.4) is 0 Å². The summed E-state index contributed by atoms with van der Waals surface area (Å²) in [6, 6.07) is 6.77. The van der Waals surface area contributed by atoms with Gasteiger partial charge in [-0.05, 0) is 62.3 Å². The lowest BCUT2D eigenvalue weighted by atomic mass is 10.00. The summed E-state index contributed by atoms with van der Waals surface area (Å²) < 4.78 is 2.30. The molecule has 3 heteroatoms. The van der Waals surface area contributed by atoms with E-state index in [1.807, 2.05) is 6.33 Å². The second-order valence-electron chi connectivity index (χ2n) is 5.59. The van der Waals surface area contributed by atoms with Gasteiger partial charge >= 0.3 is 0 Å². The van der Waals surface area contributed by atoms with Crippen molar-refractivity contribution in [2.45, 2.75) is 38.5 Å². The molecule has 0 amide bonds. The average molecular weight is 253 g/mol. The van der Waals surface area contributed by atoms with Crippen LogP contribution in [0.15, 0.2) is 24.5 Å². The molecule has 3 nitrogen and oxygen atoms in total. The number of anilines is 1. The number of hydrogen-bond donors (Lipinski definition) is 1. The molecule has 2 aromatic rings. The Balaban J connectivity index is 1.78. The predicted octanol–water partition coefficient (Wildman–Crippen LogP) is 3.11. The van der Waals surface area contributed by atoms with Gasteiger partial charge in [0.1, 0.15) is 0 Å². The van der Waals surface area contributed by atoms with Crippen molar-refractivity contribution in [1.29, 1.82) is 0 Å². The summed E-state index contributed by atoms with van der Waals surface area (Å²) in [5.74, 6) is 0. The van der Waals surface area contributed by atoms with E-state index in [0.717, 1.165) is 13.0 Å². The third-order valence-electron chi connectivity index (χ3n) is 4.34. The molecule has 2 aliphatic rings. The summed E-state index contributed by atoms with van der Waals surface area (Å²) in [7, 11) is 0. The van der Waals surface area contributed by atoms with Crippen LogP contribution in [0.1, 0.15) is 36.2 Å². The van der Waals surface area contributed by atoms with Crippen LogP contribution in [0, 0.1) is 0 Å². The first kappa shape index (κ1) is 11.1.